The largest absolute Gasteiger partial charge is 0.309 e. The SMILES string of the molecule is c1ccc(-n2c3ccccc3c3ccc(-c4ccccc4N(c4ccccc4-c4cccc5c4-c4ccccc4C5(c4ccccc4)c4ccccc4)c4ccccc4-c4cccc5cccc(C6CCCCC6)c45)cc32)cc1. The lowest BCUT2D eigenvalue weighted by molar-refractivity contribution is 0.445. The first kappa shape index (κ1) is 46.8. The summed E-state index contributed by atoms with van der Waals surface area (Å²) in [5, 5.41) is 5.15. The maximum absolute atomic E-state index is 2.60. The number of fused-ring (bicyclic) bond motifs is 7. The molecule has 1 aromatic heterocycles. The second-order valence-corrected chi connectivity index (χ2v) is 21.6. The smallest absolute Gasteiger partial charge is 0.0713 e. The van der Waals surface area contributed by atoms with Crippen LogP contribution >= 0.6 is 0 Å². The predicted molar refractivity (Wildman–Crippen MR) is 332 cm³/mol. The van der Waals surface area contributed by atoms with Gasteiger partial charge < -0.3 is 9.47 Å². The van der Waals surface area contributed by atoms with Crippen molar-refractivity contribution in [3.8, 4) is 50.2 Å². The molecule has 0 spiro atoms. The standard InChI is InChI=1S/C77H58N2/c1-5-26-53(27-6-1)60-41-23-28-54-29-24-42-65(75(54)60)62-38-16-21-48-72(62)79(70-46-19-14-36-59(70)55-50-51-64-61-37-15-20-47-71(61)78(74(64)52-55)58-34-11-4-12-35-58)73-49-22-17-39-63(73)66-43-25-45-69-76(66)67-40-13-18-44-68(67)77(69,56-30-7-2-8-31-56)57-32-9-3-10-33-57/h2-4,7-25,28-53H,1,5-6,26-27H2. The molecule has 1 fully saturated rings. The molecule has 0 saturated heterocycles. The summed E-state index contributed by atoms with van der Waals surface area (Å²) in [5.41, 5.74) is 22.6. The molecule has 2 nitrogen and oxygen atoms in total. The first-order valence-electron chi connectivity index (χ1n) is 28.3. The molecule has 1 heterocycles. The van der Waals surface area contributed by atoms with Gasteiger partial charge >= 0.3 is 0 Å². The summed E-state index contributed by atoms with van der Waals surface area (Å²) in [5.74, 6) is 0.534. The van der Waals surface area contributed by atoms with E-state index in [9.17, 15) is 0 Å². The van der Waals surface area contributed by atoms with Crippen LogP contribution in [0.25, 0.3) is 82.8 Å². The fourth-order valence-corrected chi connectivity index (χ4v) is 14.2. The molecule has 0 unspecified atom stereocenters. The van der Waals surface area contributed by atoms with E-state index in [1.807, 2.05) is 0 Å². The maximum Gasteiger partial charge on any atom is 0.0713 e. The molecular weight excluding hydrogens is 953 g/mol. The Bertz CT molecular complexity index is 4360. The number of rotatable bonds is 10. The highest BCUT2D eigenvalue weighted by Crippen LogP contribution is 2.60. The minimum Gasteiger partial charge on any atom is -0.309 e. The molecule has 0 amide bonds. The second-order valence-electron chi connectivity index (χ2n) is 21.6. The van der Waals surface area contributed by atoms with E-state index in [1.165, 1.54) is 120 Å². The van der Waals surface area contributed by atoms with Crippen molar-refractivity contribution < 1.29 is 0 Å². The molecule has 0 N–H and O–H groups in total. The van der Waals surface area contributed by atoms with E-state index in [1.54, 1.807) is 0 Å². The van der Waals surface area contributed by atoms with E-state index >= 15 is 0 Å². The fraction of sp³-hybridized carbons (Fsp3) is 0.0909. The number of nitrogens with zero attached hydrogens (tertiary/aromatic N) is 2. The van der Waals surface area contributed by atoms with Crippen LogP contribution in [-0.2, 0) is 5.41 Å². The zero-order valence-electron chi connectivity index (χ0n) is 44.1. The van der Waals surface area contributed by atoms with E-state index in [2.05, 4.69) is 295 Å². The summed E-state index contributed by atoms with van der Waals surface area (Å²) >= 11 is 0. The summed E-state index contributed by atoms with van der Waals surface area (Å²) < 4.78 is 2.43. The van der Waals surface area contributed by atoms with Crippen LogP contribution in [0.3, 0.4) is 0 Å². The van der Waals surface area contributed by atoms with Crippen molar-refractivity contribution >= 4 is 49.6 Å². The number of aromatic nitrogens is 1. The quantitative estimate of drug-likeness (QED) is 0.133. The highest BCUT2D eigenvalue weighted by molar-refractivity contribution is 6.11. The third kappa shape index (κ3) is 7.54. The van der Waals surface area contributed by atoms with E-state index in [0.717, 1.165) is 39.4 Å². The molecule has 2 aliphatic rings. The molecule has 2 aliphatic carbocycles. The Labute approximate surface area is 463 Å². The third-order valence-electron chi connectivity index (χ3n) is 17.5. The maximum atomic E-state index is 2.60. The molecule has 0 atom stereocenters. The highest BCUT2D eigenvalue weighted by atomic mass is 15.2. The van der Waals surface area contributed by atoms with Gasteiger partial charge in [0.1, 0.15) is 0 Å². The molecule has 1 saturated carbocycles. The number of hydrogen-bond acceptors (Lipinski definition) is 1. The molecule has 0 bridgehead atoms. The lowest BCUT2D eigenvalue weighted by Gasteiger charge is -2.34. The van der Waals surface area contributed by atoms with Gasteiger partial charge in [-0.3, -0.25) is 0 Å². The fourth-order valence-electron chi connectivity index (χ4n) is 14.2. The van der Waals surface area contributed by atoms with Gasteiger partial charge in [-0.05, 0) is 128 Å². The average molecular weight is 1010 g/mol. The predicted octanol–water partition coefficient (Wildman–Crippen LogP) is 20.8. The Balaban J connectivity index is 1.01. The van der Waals surface area contributed by atoms with Gasteiger partial charge in [0.15, 0.2) is 0 Å². The minimum atomic E-state index is -0.538. The van der Waals surface area contributed by atoms with Crippen LogP contribution in [0.2, 0.25) is 0 Å². The van der Waals surface area contributed by atoms with Gasteiger partial charge in [0, 0.05) is 33.2 Å². The first-order chi connectivity index (χ1) is 39.3. The van der Waals surface area contributed by atoms with Gasteiger partial charge in [-0.2, -0.15) is 0 Å². The van der Waals surface area contributed by atoms with E-state index < -0.39 is 5.41 Å². The van der Waals surface area contributed by atoms with Crippen LogP contribution < -0.4 is 4.90 Å². The lowest BCUT2D eigenvalue weighted by atomic mass is 9.67. The molecular formula is C77H58N2. The van der Waals surface area contributed by atoms with Gasteiger partial charge in [0.25, 0.3) is 0 Å². The van der Waals surface area contributed by atoms with Crippen LogP contribution in [0.1, 0.15) is 65.8 Å². The average Bonchev–Trinajstić information content (AvgIpc) is 4.17. The van der Waals surface area contributed by atoms with Gasteiger partial charge in [-0.25, -0.2) is 0 Å². The summed E-state index contributed by atoms with van der Waals surface area (Å²) in [6.45, 7) is 0. The molecule has 0 radical (unpaired) electrons. The molecule has 0 aliphatic heterocycles. The topological polar surface area (TPSA) is 8.17 Å². The van der Waals surface area contributed by atoms with E-state index in [-0.39, 0.29) is 0 Å². The van der Waals surface area contributed by atoms with Gasteiger partial charge in [-0.15, -0.1) is 0 Å². The van der Waals surface area contributed by atoms with Crippen molar-refractivity contribution in [2.24, 2.45) is 0 Å². The van der Waals surface area contributed by atoms with Crippen LogP contribution in [0, 0.1) is 0 Å². The molecule has 15 rings (SSSR count). The monoisotopic (exact) mass is 1010 g/mol. The Hall–Kier alpha value is -9.50. The van der Waals surface area contributed by atoms with Crippen molar-refractivity contribution in [3.63, 3.8) is 0 Å². The number of hydrogen-bond donors (Lipinski definition) is 0. The van der Waals surface area contributed by atoms with Gasteiger partial charge in [0.05, 0.1) is 33.5 Å². The third-order valence-corrected chi connectivity index (χ3v) is 17.5. The van der Waals surface area contributed by atoms with Crippen LogP contribution in [0.5, 0.6) is 0 Å². The number of para-hydroxylation sites is 5. The summed E-state index contributed by atoms with van der Waals surface area (Å²) in [6.07, 6.45) is 6.35. The Kier molecular flexibility index (Phi) is 11.5. The molecule has 12 aromatic carbocycles. The molecule has 79 heavy (non-hydrogen) atoms. The van der Waals surface area contributed by atoms with Crippen molar-refractivity contribution in [1.82, 2.24) is 4.57 Å². The minimum absolute atomic E-state index is 0.534. The molecule has 2 heteroatoms. The summed E-state index contributed by atoms with van der Waals surface area (Å²) in [4.78, 5) is 2.60. The van der Waals surface area contributed by atoms with E-state index in [0.29, 0.717) is 5.92 Å². The first-order valence-corrected chi connectivity index (χ1v) is 28.3. The molecule has 13 aromatic rings. The number of benzene rings is 12. The Morgan fingerprint density at radius 2 is 0.861 bits per heavy atom. The zero-order chi connectivity index (χ0) is 52.3. The highest BCUT2D eigenvalue weighted by Gasteiger charge is 2.47. The van der Waals surface area contributed by atoms with Crippen molar-refractivity contribution in [3.05, 3.63) is 313 Å². The summed E-state index contributed by atoms with van der Waals surface area (Å²) in [6, 6.07) is 107. The number of anilines is 3. The van der Waals surface area contributed by atoms with Crippen LogP contribution in [0.15, 0.2) is 285 Å². The van der Waals surface area contributed by atoms with Crippen molar-refractivity contribution in [2.45, 2.75) is 43.4 Å². The van der Waals surface area contributed by atoms with Gasteiger partial charge in [-0.1, -0.05) is 262 Å². The van der Waals surface area contributed by atoms with Crippen LogP contribution in [-0.4, -0.2) is 4.57 Å². The van der Waals surface area contributed by atoms with E-state index in [4.69, 9.17) is 0 Å². The van der Waals surface area contributed by atoms with Crippen LogP contribution in [0.4, 0.5) is 17.1 Å². The summed E-state index contributed by atoms with van der Waals surface area (Å²) in [7, 11) is 0. The molecule has 376 valence electrons. The van der Waals surface area contributed by atoms with Crippen molar-refractivity contribution in [2.75, 3.05) is 4.90 Å². The Morgan fingerprint density at radius 3 is 1.57 bits per heavy atom. The zero-order valence-corrected chi connectivity index (χ0v) is 44.1. The lowest BCUT2D eigenvalue weighted by Crippen LogP contribution is -2.28. The Morgan fingerprint density at radius 1 is 0.354 bits per heavy atom. The normalized spacial score (nSPS) is 13.9. The van der Waals surface area contributed by atoms with Crippen molar-refractivity contribution in [1.29, 1.82) is 0 Å². The van der Waals surface area contributed by atoms with Gasteiger partial charge in [0.2, 0.25) is 0 Å². The second kappa shape index (κ2) is 19.5.